The third-order valence-corrected chi connectivity index (χ3v) is 3.30. The largest absolute Gasteiger partial charge is 0.442 e. The Morgan fingerprint density at radius 3 is 2.63 bits per heavy atom. The first kappa shape index (κ1) is 13.5. The molecule has 0 aromatic carbocycles. The van der Waals surface area contributed by atoms with E-state index in [0.29, 0.717) is 25.3 Å². The molecule has 0 unspecified atom stereocenters. The van der Waals surface area contributed by atoms with Crippen molar-refractivity contribution in [3.8, 4) is 0 Å². The number of carbonyl (C=O) groups is 2. The van der Waals surface area contributed by atoms with E-state index >= 15 is 0 Å². The van der Waals surface area contributed by atoms with Gasteiger partial charge in [-0.2, -0.15) is 0 Å². The van der Waals surface area contributed by atoms with Crippen molar-refractivity contribution in [3.63, 3.8) is 0 Å². The summed E-state index contributed by atoms with van der Waals surface area (Å²) in [5.41, 5.74) is 1.12. The number of amides is 1. The van der Waals surface area contributed by atoms with Crippen LogP contribution in [0.4, 0.5) is 4.79 Å². The van der Waals surface area contributed by atoms with E-state index in [0.717, 1.165) is 24.2 Å². The molecule has 2 heterocycles. The average Bonchev–Trinajstić information content (AvgIpc) is 2.46. The number of hydrogen-bond donors (Lipinski definition) is 0. The van der Waals surface area contributed by atoms with Gasteiger partial charge in [-0.1, -0.05) is 0 Å². The molecule has 2 rings (SSSR count). The van der Waals surface area contributed by atoms with Crippen LogP contribution in [0.25, 0.3) is 0 Å². The molecule has 0 bridgehead atoms. The topological polar surface area (TPSA) is 72.4 Å². The molecule has 1 amide bonds. The van der Waals surface area contributed by atoms with Gasteiger partial charge in [-0.15, -0.1) is 0 Å². The summed E-state index contributed by atoms with van der Waals surface area (Å²) in [6.45, 7) is 2.95. The lowest BCUT2D eigenvalue weighted by Gasteiger charge is -2.31. The molecule has 0 N–H and O–H groups in total. The molecule has 1 saturated heterocycles. The van der Waals surface area contributed by atoms with Gasteiger partial charge in [0.2, 0.25) is 0 Å². The summed E-state index contributed by atoms with van der Waals surface area (Å²) in [6, 6.07) is 0. The Bertz CT molecular complexity index is 439. The van der Waals surface area contributed by atoms with E-state index in [1.807, 2.05) is 19.3 Å². The van der Waals surface area contributed by atoms with Crippen molar-refractivity contribution in [2.75, 3.05) is 19.7 Å². The van der Waals surface area contributed by atoms with Crippen molar-refractivity contribution in [2.24, 2.45) is 0 Å². The quantitative estimate of drug-likeness (QED) is 0.768. The number of hydrogen-bond acceptors (Lipinski definition) is 5. The highest BCUT2D eigenvalue weighted by atomic mass is 16.6. The molecular formula is C13H17N3O3. The smallest absolute Gasteiger partial charge is 0.410 e. The highest BCUT2D eigenvalue weighted by Gasteiger charge is 2.24. The molecule has 1 aliphatic heterocycles. The second-order valence-electron chi connectivity index (χ2n) is 4.57. The summed E-state index contributed by atoms with van der Waals surface area (Å²) in [4.78, 5) is 31.7. The van der Waals surface area contributed by atoms with Crippen molar-refractivity contribution >= 4 is 12.4 Å². The molecule has 1 fully saturated rings. The molecule has 0 saturated carbocycles. The Kier molecular flexibility index (Phi) is 4.43. The fourth-order valence-corrected chi connectivity index (χ4v) is 2.21. The minimum Gasteiger partial charge on any atom is -0.442 e. The first-order chi connectivity index (χ1) is 9.20. The second-order valence-corrected chi connectivity index (χ2v) is 4.57. The van der Waals surface area contributed by atoms with Gasteiger partial charge in [0.15, 0.2) is 6.29 Å². The number of ether oxygens (including phenoxy) is 1. The van der Waals surface area contributed by atoms with E-state index in [4.69, 9.17) is 4.74 Å². The van der Waals surface area contributed by atoms with Gasteiger partial charge in [-0.3, -0.25) is 4.79 Å². The van der Waals surface area contributed by atoms with Gasteiger partial charge in [0.25, 0.3) is 0 Å². The van der Waals surface area contributed by atoms with Crippen LogP contribution in [0.2, 0.25) is 0 Å². The molecule has 1 aliphatic rings. The molecule has 1 aromatic heterocycles. The van der Waals surface area contributed by atoms with Gasteiger partial charge in [0.05, 0.1) is 0 Å². The predicted molar refractivity (Wildman–Crippen MR) is 67.7 cm³/mol. The molecule has 0 radical (unpaired) electrons. The van der Waals surface area contributed by atoms with E-state index in [2.05, 4.69) is 9.97 Å². The van der Waals surface area contributed by atoms with Crippen LogP contribution in [0.3, 0.4) is 0 Å². The monoisotopic (exact) mass is 263 g/mol. The minimum absolute atomic E-state index is 0.176. The predicted octanol–water partition coefficient (Wildman–Crippen LogP) is 1.30. The Labute approximate surface area is 111 Å². The minimum atomic E-state index is -0.411. The van der Waals surface area contributed by atoms with E-state index in [9.17, 15) is 9.59 Å². The van der Waals surface area contributed by atoms with Crippen LogP contribution >= 0.6 is 0 Å². The molecule has 0 aliphatic carbocycles. The molecule has 1 aromatic rings. The molecule has 6 nitrogen and oxygen atoms in total. The number of aromatic nitrogens is 2. The molecule has 0 spiro atoms. The number of piperidine rings is 1. The van der Waals surface area contributed by atoms with Crippen LogP contribution in [-0.4, -0.2) is 46.9 Å². The normalized spacial score (nSPS) is 16.2. The average molecular weight is 263 g/mol. The fourth-order valence-electron chi connectivity index (χ4n) is 2.21. The molecule has 6 heteroatoms. The van der Waals surface area contributed by atoms with E-state index < -0.39 is 6.09 Å². The highest BCUT2D eigenvalue weighted by Crippen LogP contribution is 2.27. The van der Waals surface area contributed by atoms with E-state index in [-0.39, 0.29) is 6.61 Å². The van der Waals surface area contributed by atoms with Crippen LogP contribution in [-0.2, 0) is 9.53 Å². The van der Waals surface area contributed by atoms with Crippen molar-refractivity contribution in [2.45, 2.75) is 25.7 Å². The maximum absolute atomic E-state index is 11.6. The Morgan fingerprint density at radius 2 is 2.05 bits per heavy atom. The van der Waals surface area contributed by atoms with Crippen LogP contribution < -0.4 is 0 Å². The van der Waals surface area contributed by atoms with Crippen molar-refractivity contribution in [1.29, 1.82) is 0 Å². The lowest BCUT2D eigenvalue weighted by molar-refractivity contribution is -0.110. The highest BCUT2D eigenvalue weighted by molar-refractivity contribution is 5.69. The Morgan fingerprint density at radius 1 is 1.42 bits per heavy atom. The maximum Gasteiger partial charge on any atom is 0.410 e. The molecule has 0 atom stereocenters. The van der Waals surface area contributed by atoms with Crippen molar-refractivity contribution in [3.05, 3.63) is 23.8 Å². The number of nitrogens with zero attached hydrogens (tertiary/aromatic N) is 3. The Balaban J connectivity index is 1.86. The van der Waals surface area contributed by atoms with E-state index in [1.165, 1.54) is 0 Å². The zero-order chi connectivity index (χ0) is 13.7. The van der Waals surface area contributed by atoms with E-state index in [1.54, 1.807) is 4.90 Å². The number of aldehydes is 1. The van der Waals surface area contributed by atoms with Crippen LogP contribution in [0.1, 0.15) is 30.1 Å². The van der Waals surface area contributed by atoms with Gasteiger partial charge >= 0.3 is 6.09 Å². The Hall–Kier alpha value is -1.98. The summed E-state index contributed by atoms with van der Waals surface area (Å²) in [5, 5.41) is 0. The first-order valence-electron chi connectivity index (χ1n) is 6.34. The summed E-state index contributed by atoms with van der Waals surface area (Å²) in [5.74, 6) is 1.15. The third kappa shape index (κ3) is 3.49. The van der Waals surface area contributed by atoms with Crippen LogP contribution in [0, 0.1) is 6.92 Å². The molecular weight excluding hydrogens is 246 g/mol. The SMILES string of the molecule is Cc1ncc(C2CCN(C(=O)OCC=O)CC2)cn1. The van der Waals surface area contributed by atoms with Crippen LogP contribution in [0.15, 0.2) is 12.4 Å². The molecule has 102 valence electrons. The van der Waals surface area contributed by atoms with Gasteiger partial charge in [0, 0.05) is 25.5 Å². The zero-order valence-corrected chi connectivity index (χ0v) is 10.9. The van der Waals surface area contributed by atoms with Gasteiger partial charge < -0.3 is 9.64 Å². The standard InChI is InChI=1S/C13H17N3O3/c1-10-14-8-12(9-15-10)11-2-4-16(5-3-11)13(18)19-7-6-17/h6,8-9,11H,2-5,7H2,1H3. The lowest BCUT2D eigenvalue weighted by atomic mass is 9.91. The van der Waals surface area contributed by atoms with Gasteiger partial charge in [-0.05, 0) is 31.2 Å². The first-order valence-corrected chi connectivity index (χ1v) is 6.34. The second kappa shape index (κ2) is 6.26. The summed E-state index contributed by atoms with van der Waals surface area (Å²) in [6.07, 6.45) is 5.60. The lowest BCUT2D eigenvalue weighted by Crippen LogP contribution is -2.38. The van der Waals surface area contributed by atoms with Crippen LogP contribution in [0.5, 0.6) is 0 Å². The fraction of sp³-hybridized carbons (Fsp3) is 0.538. The van der Waals surface area contributed by atoms with Crippen molar-refractivity contribution in [1.82, 2.24) is 14.9 Å². The summed E-state index contributed by atoms with van der Waals surface area (Å²) >= 11 is 0. The number of aryl methyl sites for hydroxylation is 1. The summed E-state index contributed by atoms with van der Waals surface area (Å²) < 4.78 is 4.78. The number of carbonyl (C=O) groups excluding carboxylic acids is 2. The van der Waals surface area contributed by atoms with Crippen molar-refractivity contribution < 1.29 is 14.3 Å². The number of likely N-dealkylation sites (tertiary alicyclic amines) is 1. The van der Waals surface area contributed by atoms with Gasteiger partial charge in [0.1, 0.15) is 12.4 Å². The third-order valence-electron chi connectivity index (χ3n) is 3.30. The van der Waals surface area contributed by atoms with Gasteiger partial charge in [-0.25, -0.2) is 14.8 Å². The zero-order valence-electron chi connectivity index (χ0n) is 10.9. The number of rotatable bonds is 3. The molecule has 19 heavy (non-hydrogen) atoms. The maximum atomic E-state index is 11.6. The summed E-state index contributed by atoms with van der Waals surface area (Å²) in [7, 11) is 0.